The first-order chi connectivity index (χ1) is 10.7. The Hall–Kier alpha value is -2.02. The van der Waals surface area contributed by atoms with Gasteiger partial charge < -0.3 is 5.32 Å². The van der Waals surface area contributed by atoms with Gasteiger partial charge in [0.15, 0.2) is 0 Å². The van der Waals surface area contributed by atoms with Crippen LogP contribution in [-0.2, 0) is 0 Å². The van der Waals surface area contributed by atoms with Crippen LogP contribution >= 0.6 is 0 Å². The number of hydrogen-bond acceptors (Lipinski definition) is 1. The minimum absolute atomic E-state index is 1.10. The molecule has 22 heavy (non-hydrogen) atoms. The Bertz CT molecular complexity index is 654. The largest absolute Gasteiger partial charge is 0.390 e. The fourth-order valence-corrected chi connectivity index (χ4v) is 3.11. The molecule has 0 saturated heterocycles. The third kappa shape index (κ3) is 3.59. The fraction of sp³-hybridized carbons (Fsp3) is 0.333. The van der Waals surface area contributed by atoms with Gasteiger partial charge in [0, 0.05) is 12.7 Å². The van der Waals surface area contributed by atoms with Crippen molar-refractivity contribution in [3.8, 4) is 0 Å². The molecule has 1 aliphatic carbocycles. The molecular weight excluding hydrogens is 266 g/mol. The molecule has 0 amide bonds. The van der Waals surface area contributed by atoms with Crippen molar-refractivity contribution in [3.05, 3.63) is 76.5 Å². The molecule has 0 spiro atoms. The van der Waals surface area contributed by atoms with E-state index in [4.69, 9.17) is 0 Å². The lowest BCUT2D eigenvalue weighted by molar-refractivity contribution is 0.896. The summed E-state index contributed by atoms with van der Waals surface area (Å²) < 4.78 is 0. The highest BCUT2D eigenvalue weighted by Crippen LogP contribution is 2.30. The minimum atomic E-state index is 1.10. The van der Waals surface area contributed by atoms with Crippen molar-refractivity contribution in [1.82, 2.24) is 5.32 Å². The second kappa shape index (κ2) is 6.83. The summed E-state index contributed by atoms with van der Waals surface area (Å²) in [5.74, 6) is 0. The van der Waals surface area contributed by atoms with Crippen LogP contribution in [0.15, 0.2) is 65.4 Å². The van der Waals surface area contributed by atoms with Crippen LogP contribution in [0.5, 0.6) is 0 Å². The van der Waals surface area contributed by atoms with Gasteiger partial charge in [0.2, 0.25) is 0 Å². The molecule has 1 N–H and O–H groups in total. The van der Waals surface area contributed by atoms with Crippen LogP contribution < -0.4 is 5.32 Å². The Labute approximate surface area is 134 Å². The Kier molecular flexibility index (Phi) is 4.62. The van der Waals surface area contributed by atoms with E-state index >= 15 is 0 Å². The van der Waals surface area contributed by atoms with E-state index in [2.05, 4.69) is 67.9 Å². The molecule has 1 aromatic carbocycles. The molecule has 2 aliphatic rings. The molecule has 114 valence electrons. The maximum absolute atomic E-state index is 3.31. The smallest absolute Gasteiger partial charge is 0.0182 e. The van der Waals surface area contributed by atoms with Crippen LogP contribution in [0.25, 0.3) is 5.57 Å². The van der Waals surface area contributed by atoms with Crippen molar-refractivity contribution in [3.63, 3.8) is 0 Å². The first-order valence-electron chi connectivity index (χ1n) is 8.27. The van der Waals surface area contributed by atoms with Crippen LogP contribution in [0.2, 0.25) is 0 Å². The molecule has 1 aliphatic heterocycles. The van der Waals surface area contributed by atoms with Crippen molar-refractivity contribution in [1.29, 1.82) is 0 Å². The average Bonchev–Trinajstić information content (AvgIpc) is 3.19. The molecule has 0 unspecified atom stereocenters. The van der Waals surface area contributed by atoms with Gasteiger partial charge in [-0.25, -0.2) is 0 Å². The predicted octanol–water partition coefficient (Wildman–Crippen LogP) is 5.31. The zero-order valence-electron chi connectivity index (χ0n) is 13.7. The molecule has 0 radical (unpaired) electrons. The summed E-state index contributed by atoms with van der Waals surface area (Å²) in [6, 6.07) is 8.81. The lowest BCUT2D eigenvalue weighted by atomic mass is 9.99. The van der Waals surface area contributed by atoms with Gasteiger partial charge in [0.05, 0.1) is 0 Å². The topological polar surface area (TPSA) is 12.0 Å². The van der Waals surface area contributed by atoms with E-state index in [0.717, 1.165) is 19.4 Å². The highest BCUT2D eigenvalue weighted by Gasteiger charge is 2.14. The van der Waals surface area contributed by atoms with E-state index < -0.39 is 0 Å². The maximum Gasteiger partial charge on any atom is 0.0182 e. The van der Waals surface area contributed by atoms with Crippen molar-refractivity contribution in [2.45, 2.75) is 39.5 Å². The SMILES string of the molecule is C/C(=C\CCC1=CC=C(C2=CNCC2)C1)c1ccc(C)cc1. The van der Waals surface area contributed by atoms with E-state index in [0.29, 0.717) is 0 Å². The van der Waals surface area contributed by atoms with Gasteiger partial charge in [-0.1, -0.05) is 53.6 Å². The summed E-state index contributed by atoms with van der Waals surface area (Å²) >= 11 is 0. The zero-order valence-corrected chi connectivity index (χ0v) is 13.7. The quantitative estimate of drug-likeness (QED) is 0.775. The van der Waals surface area contributed by atoms with Gasteiger partial charge in [-0.05, 0) is 61.8 Å². The normalized spacial score (nSPS) is 17.9. The molecule has 0 saturated carbocycles. The molecule has 0 aromatic heterocycles. The Morgan fingerprint density at radius 2 is 1.95 bits per heavy atom. The van der Waals surface area contributed by atoms with Crippen LogP contribution in [0.3, 0.4) is 0 Å². The number of allylic oxidation sites excluding steroid dienone is 6. The van der Waals surface area contributed by atoms with E-state index in [9.17, 15) is 0 Å². The van der Waals surface area contributed by atoms with E-state index in [1.54, 1.807) is 5.57 Å². The summed E-state index contributed by atoms with van der Waals surface area (Å²) in [5, 5.41) is 3.31. The molecule has 1 nitrogen and oxygen atoms in total. The highest BCUT2D eigenvalue weighted by atomic mass is 14.8. The molecule has 1 heterocycles. The summed E-state index contributed by atoms with van der Waals surface area (Å²) in [4.78, 5) is 0. The molecule has 1 heteroatoms. The van der Waals surface area contributed by atoms with E-state index in [-0.39, 0.29) is 0 Å². The van der Waals surface area contributed by atoms with E-state index in [1.165, 1.54) is 40.7 Å². The molecule has 1 aromatic rings. The van der Waals surface area contributed by atoms with Gasteiger partial charge in [-0.3, -0.25) is 0 Å². The Balaban J connectivity index is 1.49. The zero-order chi connectivity index (χ0) is 15.4. The average molecular weight is 291 g/mol. The molecular formula is C21H25N. The summed E-state index contributed by atoms with van der Waals surface area (Å²) in [5.41, 5.74) is 8.62. The molecule has 0 fully saturated rings. The van der Waals surface area contributed by atoms with Gasteiger partial charge >= 0.3 is 0 Å². The van der Waals surface area contributed by atoms with Crippen LogP contribution in [0, 0.1) is 6.92 Å². The first kappa shape index (κ1) is 14.9. The van der Waals surface area contributed by atoms with Gasteiger partial charge in [-0.15, -0.1) is 0 Å². The number of nitrogens with one attached hydrogen (secondary N) is 1. The van der Waals surface area contributed by atoms with Crippen molar-refractivity contribution in [2.24, 2.45) is 0 Å². The van der Waals surface area contributed by atoms with E-state index in [1.807, 2.05) is 0 Å². The highest BCUT2D eigenvalue weighted by molar-refractivity contribution is 5.63. The lowest BCUT2D eigenvalue weighted by Crippen LogP contribution is -1.96. The second-order valence-corrected chi connectivity index (χ2v) is 6.36. The van der Waals surface area contributed by atoms with Crippen molar-refractivity contribution >= 4 is 5.57 Å². The third-order valence-corrected chi connectivity index (χ3v) is 4.59. The number of hydrogen-bond donors (Lipinski definition) is 1. The number of rotatable bonds is 5. The maximum atomic E-state index is 3.31. The number of benzene rings is 1. The van der Waals surface area contributed by atoms with Crippen LogP contribution in [0.1, 0.15) is 43.7 Å². The number of aryl methyl sites for hydroxylation is 1. The summed E-state index contributed by atoms with van der Waals surface area (Å²) in [7, 11) is 0. The molecule has 3 rings (SSSR count). The van der Waals surface area contributed by atoms with Crippen LogP contribution in [-0.4, -0.2) is 6.54 Å². The van der Waals surface area contributed by atoms with Crippen molar-refractivity contribution in [2.75, 3.05) is 6.54 Å². The minimum Gasteiger partial charge on any atom is -0.390 e. The summed E-state index contributed by atoms with van der Waals surface area (Å²) in [6.07, 6.45) is 13.8. The third-order valence-electron chi connectivity index (χ3n) is 4.59. The monoisotopic (exact) mass is 291 g/mol. The summed E-state index contributed by atoms with van der Waals surface area (Å²) in [6.45, 7) is 5.45. The first-order valence-corrected chi connectivity index (χ1v) is 8.27. The Morgan fingerprint density at radius 1 is 1.14 bits per heavy atom. The Morgan fingerprint density at radius 3 is 2.68 bits per heavy atom. The molecule has 0 atom stereocenters. The second-order valence-electron chi connectivity index (χ2n) is 6.36. The van der Waals surface area contributed by atoms with Gasteiger partial charge in [0.1, 0.15) is 0 Å². The van der Waals surface area contributed by atoms with Crippen molar-refractivity contribution < 1.29 is 0 Å². The molecule has 0 bridgehead atoms. The van der Waals surface area contributed by atoms with Gasteiger partial charge in [-0.2, -0.15) is 0 Å². The van der Waals surface area contributed by atoms with Crippen LogP contribution in [0.4, 0.5) is 0 Å². The lowest BCUT2D eigenvalue weighted by Gasteiger charge is -2.06. The fourth-order valence-electron chi connectivity index (χ4n) is 3.11. The standard InChI is InChI=1S/C21H25N/c1-16-6-9-19(10-7-16)17(2)4-3-5-18-8-11-20(14-18)21-12-13-22-15-21/h4,6-11,15,22H,3,5,12-14H2,1-2H3/b17-4+. The van der Waals surface area contributed by atoms with Gasteiger partial charge in [0.25, 0.3) is 0 Å². The predicted molar refractivity (Wildman–Crippen MR) is 95.5 cm³/mol.